The number of rotatable bonds is 0. The van der Waals surface area contributed by atoms with E-state index < -0.39 is 0 Å². The quantitative estimate of drug-likeness (QED) is 0.513. The van der Waals surface area contributed by atoms with E-state index in [1.165, 1.54) is 0 Å². The van der Waals surface area contributed by atoms with E-state index in [1.54, 1.807) is 0 Å². The molecule has 0 aromatic heterocycles. The molecule has 9 heavy (non-hydrogen) atoms. The Hall–Kier alpha value is -1.25. The first-order valence-corrected chi connectivity index (χ1v) is 2.84. The highest BCUT2D eigenvalue weighted by atomic mass is 16.8. The van der Waals surface area contributed by atoms with Crippen molar-refractivity contribution in [2.24, 2.45) is 5.16 Å². The van der Waals surface area contributed by atoms with E-state index >= 15 is 0 Å². The minimum Gasteiger partial charge on any atom is -0.270 e. The Morgan fingerprint density at radius 2 is 2.67 bits per heavy atom. The van der Waals surface area contributed by atoms with Crippen molar-refractivity contribution in [1.82, 2.24) is 5.48 Å². The van der Waals surface area contributed by atoms with Gasteiger partial charge in [-0.05, 0) is 12.5 Å². The van der Waals surface area contributed by atoms with Crippen LogP contribution in [0, 0.1) is 0 Å². The van der Waals surface area contributed by atoms with Crippen LogP contribution in [0.2, 0.25) is 0 Å². The van der Waals surface area contributed by atoms with E-state index in [0.29, 0.717) is 0 Å². The van der Waals surface area contributed by atoms with Crippen molar-refractivity contribution >= 4 is 5.71 Å². The molecule has 0 fully saturated rings. The van der Waals surface area contributed by atoms with Gasteiger partial charge in [-0.2, -0.15) is 5.48 Å². The maximum Gasteiger partial charge on any atom is 0.131 e. The molecule has 0 saturated heterocycles. The Kier molecular flexibility index (Phi) is 0.828. The summed E-state index contributed by atoms with van der Waals surface area (Å²) in [6.07, 6.45) is 6.98. The standard InChI is InChI=1S/C6H6N2O/c1-2-4-6-5(3-1)7-9-8-6/h1,3-4,8H,2H2. The molecular formula is C6H6N2O. The second kappa shape index (κ2) is 1.62. The highest BCUT2D eigenvalue weighted by Gasteiger charge is 2.12. The molecular weight excluding hydrogens is 116 g/mol. The predicted octanol–water partition coefficient (Wildman–Crippen LogP) is 0.721. The molecule has 1 aliphatic carbocycles. The van der Waals surface area contributed by atoms with Crippen LogP contribution < -0.4 is 5.48 Å². The third kappa shape index (κ3) is 0.614. The molecule has 1 heterocycles. The smallest absolute Gasteiger partial charge is 0.131 e. The van der Waals surface area contributed by atoms with E-state index in [9.17, 15) is 0 Å². The number of fused-ring (bicyclic) bond motifs is 1. The fourth-order valence-corrected chi connectivity index (χ4v) is 0.855. The molecule has 2 aliphatic rings. The summed E-state index contributed by atoms with van der Waals surface area (Å²) < 4.78 is 0. The topological polar surface area (TPSA) is 33.6 Å². The van der Waals surface area contributed by atoms with E-state index in [1.807, 2.05) is 18.2 Å². The van der Waals surface area contributed by atoms with Crippen LogP contribution in [0.5, 0.6) is 0 Å². The predicted molar refractivity (Wildman–Crippen MR) is 33.5 cm³/mol. The number of hydroxylamine groups is 1. The fraction of sp³-hybridized carbons (Fsp3) is 0.167. The van der Waals surface area contributed by atoms with Gasteiger partial charge >= 0.3 is 0 Å². The molecule has 0 spiro atoms. The van der Waals surface area contributed by atoms with Crippen molar-refractivity contribution in [2.75, 3.05) is 0 Å². The lowest BCUT2D eigenvalue weighted by atomic mass is 10.1. The molecule has 3 nitrogen and oxygen atoms in total. The number of nitrogens with one attached hydrogen (secondary N) is 1. The Morgan fingerprint density at radius 3 is 3.56 bits per heavy atom. The highest BCUT2D eigenvalue weighted by Crippen LogP contribution is 2.10. The summed E-state index contributed by atoms with van der Waals surface area (Å²) in [4.78, 5) is 4.61. The van der Waals surface area contributed by atoms with Crippen molar-refractivity contribution in [3.63, 3.8) is 0 Å². The minimum absolute atomic E-state index is 0.890. The van der Waals surface area contributed by atoms with Crippen LogP contribution in [0.3, 0.4) is 0 Å². The highest BCUT2D eigenvalue weighted by molar-refractivity contribution is 6.08. The summed E-state index contributed by atoms with van der Waals surface area (Å²) in [7, 11) is 0. The van der Waals surface area contributed by atoms with Gasteiger partial charge in [0.1, 0.15) is 5.71 Å². The van der Waals surface area contributed by atoms with Crippen LogP contribution in [0.1, 0.15) is 6.42 Å². The van der Waals surface area contributed by atoms with Gasteiger partial charge in [0, 0.05) is 0 Å². The molecule has 0 unspecified atom stereocenters. The number of hydrogen-bond acceptors (Lipinski definition) is 3. The van der Waals surface area contributed by atoms with Crippen LogP contribution in [0.15, 0.2) is 29.1 Å². The van der Waals surface area contributed by atoms with Gasteiger partial charge in [0.05, 0.1) is 5.70 Å². The van der Waals surface area contributed by atoms with E-state index in [2.05, 4.69) is 15.6 Å². The SMILES string of the molecule is C1=CC2=NONC2=CC1. The van der Waals surface area contributed by atoms with E-state index in [0.717, 1.165) is 17.8 Å². The lowest BCUT2D eigenvalue weighted by Crippen LogP contribution is -2.09. The second-order valence-corrected chi connectivity index (χ2v) is 1.93. The van der Waals surface area contributed by atoms with E-state index in [4.69, 9.17) is 0 Å². The number of allylic oxidation sites excluding steroid dienone is 3. The van der Waals surface area contributed by atoms with Gasteiger partial charge in [-0.1, -0.05) is 17.3 Å². The molecule has 0 amide bonds. The summed E-state index contributed by atoms with van der Waals surface area (Å²) in [6, 6.07) is 0. The lowest BCUT2D eigenvalue weighted by molar-refractivity contribution is 0.0905. The summed E-state index contributed by atoms with van der Waals surface area (Å²) in [5.74, 6) is 0. The summed E-state index contributed by atoms with van der Waals surface area (Å²) in [6.45, 7) is 0. The van der Waals surface area contributed by atoms with Crippen molar-refractivity contribution in [3.05, 3.63) is 23.9 Å². The van der Waals surface area contributed by atoms with Crippen molar-refractivity contribution < 1.29 is 4.94 Å². The Morgan fingerprint density at radius 1 is 1.67 bits per heavy atom. The normalized spacial score (nSPS) is 21.3. The zero-order chi connectivity index (χ0) is 6.10. The molecule has 0 aromatic carbocycles. The van der Waals surface area contributed by atoms with E-state index in [-0.39, 0.29) is 0 Å². The first kappa shape index (κ1) is 4.61. The van der Waals surface area contributed by atoms with Crippen LogP contribution in [0.25, 0.3) is 0 Å². The van der Waals surface area contributed by atoms with Gasteiger partial charge in [0.15, 0.2) is 0 Å². The largest absolute Gasteiger partial charge is 0.270 e. The summed E-state index contributed by atoms with van der Waals surface area (Å²) >= 11 is 0. The monoisotopic (exact) mass is 122 g/mol. The van der Waals surface area contributed by atoms with Gasteiger partial charge in [-0.15, -0.1) is 0 Å². The maximum absolute atomic E-state index is 4.61. The Balaban J connectivity index is 2.37. The molecule has 0 atom stereocenters. The molecule has 0 bridgehead atoms. The Labute approximate surface area is 52.6 Å². The Bertz CT molecular complexity index is 215. The number of oxime groups is 1. The zero-order valence-electron chi connectivity index (χ0n) is 4.79. The average Bonchev–Trinajstić information content (AvgIpc) is 2.33. The van der Waals surface area contributed by atoms with Gasteiger partial charge in [-0.3, -0.25) is 4.94 Å². The van der Waals surface area contributed by atoms with Gasteiger partial charge < -0.3 is 0 Å². The molecule has 2 rings (SSSR count). The molecule has 0 saturated carbocycles. The average molecular weight is 122 g/mol. The minimum atomic E-state index is 0.890. The van der Waals surface area contributed by atoms with Crippen LogP contribution >= 0.6 is 0 Å². The summed E-state index contributed by atoms with van der Waals surface area (Å²) in [5, 5.41) is 3.71. The van der Waals surface area contributed by atoms with Crippen molar-refractivity contribution in [3.8, 4) is 0 Å². The van der Waals surface area contributed by atoms with Crippen LogP contribution in [-0.2, 0) is 4.94 Å². The molecule has 0 radical (unpaired) electrons. The van der Waals surface area contributed by atoms with Crippen molar-refractivity contribution in [1.29, 1.82) is 0 Å². The van der Waals surface area contributed by atoms with Gasteiger partial charge in [0.2, 0.25) is 0 Å². The molecule has 0 aromatic rings. The molecule has 1 N–H and O–H groups in total. The zero-order valence-corrected chi connectivity index (χ0v) is 4.79. The number of nitrogens with zero attached hydrogens (tertiary/aromatic N) is 1. The molecule has 3 heteroatoms. The third-order valence-corrected chi connectivity index (χ3v) is 1.31. The third-order valence-electron chi connectivity index (χ3n) is 1.31. The fourth-order valence-electron chi connectivity index (χ4n) is 0.855. The first-order chi connectivity index (χ1) is 4.47. The second-order valence-electron chi connectivity index (χ2n) is 1.93. The van der Waals surface area contributed by atoms with Gasteiger partial charge in [0.25, 0.3) is 0 Å². The first-order valence-electron chi connectivity index (χ1n) is 2.84. The van der Waals surface area contributed by atoms with Gasteiger partial charge in [-0.25, -0.2) is 0 Å². The number of hydrogen-bond donors (Lipinski definition) is 1. The van der Waals surface area contributed by atoms with Crippen molar-refractivity contribution in [2.45, 2.75) is 6.42 Å². The molecule has 1 aliphatic heterocycles. The lowest BCUT2D eigenvalue weighted by Gasteiger charge is -1.98. The van der Waals surface area contributed by atoms with Crippen LogP contribution in [0.4, 0.5) is 0 Å². The maximum atomic E-state index is 4.61. The summed E-state index contributed by atoms with van der Waals surface area (Å²) in [5.41, 5.74) is 4.54. The van der Waals surface area contributed by atoms with Crippen LogP contribution in [-0.4, -0.2) is 5.71 Å². The molecule has 46 valence electrons.